The molecule has 0 saturated heterocycles. The molecule has 0 bridgehead atoms. The highest BCUT2D eigenvalue weighted by Crippen LogP contribution is 2.37. The number of alkyl halides is 3. The van der Waals surface area contributed by atoms with E-state index < -0.39 is 17.2 Å². The van der Waals surface area contributed by atoms with Crippen LogP contribution in [0.5, 0.6) is 5.75 Å². The molecule has 1 aromatic rings. The third-order valence-corrected chi connectivity index (χ3v) is 3.02. The number of nitriles is 1. The summed E-state index contributed by atoms with van der Waals surface area (Å²) in [6.07, 6.45) is -4.11. The summed E-state index contributed by atoms with van der Waals surface area (Å²) < 4.78 is 44.4. The molecule has 0 radical (unpaired) electrons. The van der Waals surface area contributed by atoms with Crippen LogP contribution in [0.1, 0.15) is 31.4 Å². The number of halogens is 3. The number of ether oxygens (including phenoxy) is 1. The minimum absolute atomic E-state index is 0.0645. The molecule has 1 rings (SSSR count). The summed E-state index contributed by atoms with van der Waals surface area (Å²) in [6.45, 7) is 3.86. The molecule has 116 valence electrons. The molecular weight excluding hydrogens is 281 g/mol. The molecule has 1 aromatic carbocycles. The Bertz CT molecular complexity index is 519. The molecule has 0 aliphatic carbocycles. The van der Waals surface area contributed by atoms with Gasteiger partial charge in [0.1, 0.15) is 5.75 Å². The van der Waals surface area contributed by atoms with Crippen LogP contribution in [0.25, 0.3) is 0 Å². The Morgan fingerprint density at radius 2 is 1.95 bits per heavy atom. The van der Waals surface area contributed by atoms with E-state index in [4.69, 9.17) is 10.00 Å². The number of rotatable bonds is 6. The Kier molecular flexibility index (Phi) is 5.62. The van der Waals surface area contributed by atoms with E-state index in [2.05, 4.69) is 11.4 Å². The van der Waals surface area contributed by atoms with Gasteiger partial charge in [-0.2, -0.15) is 18.4 Å². The molecule has 0 atom stereocenters. The fourth-order valence-corrected chi connectivity index (χ4v) is 1.71. The highest BCUT2D eigenvalue weighted by molar-refractivity contribution is 5.39. The van der Waals surface area contributed by atoms with E-state index >= 15 is 0 Å². The molecule has 0 aromatic heterocycles. The molecule has 3 nitrogen and oxygen atoms in total. The largest absolute Gasteiger partial charge is 0.493 e. The maximum Gasteiger partial charge on any atom is 0.419 e. The van der Waals surface area contributed by atoms with Crippen LogP contribution in [0.4, 0.5) is 13.2 Å². The van der Waals surface area contributed by atoms with Gasteiger partial charge in [0.25, 0.3) is 0 Å². The molecule has 0 amide bonds. The smallest absolute Gasteiger partial charge is 0.419 e. The van der Waals surface area contributed by atoms with Crippen LogP contribution in [0.3, 0.4) is 0 Å². The second-order valence-electron chi connectivity index (χ2n) is 5.45. The van der Waals surface area contributed by atoms with Crippen molar-refractivity contribution < 1.29 is 17.9 Å². The molecule has 0 fully saturated rings. The van der Waals surface area contributed by atoms with Gasteiger partial charge in [-0.3, -0.25) is 0 Å². The van der Waals surface area contributed by atoms with Gasteiger partial charge >= 0.3 is 6.18 Å². The fourth-order valence-electron chi connectivity index (χ4n) is 1.71. The van der Waals surface area contributed by atoms with Gasteiger partial charge in [-0.25, -0.2) is 0 Å². The first-order chi connectivity index (χ1) is 9.69. The highest BCUT2D eigenvalue weighted by atomic mass is 19.4. The molecule has 0 unspecified atom stereocenters. The normalized spacial score (nSPS) is 12.0. The van der Waals surface area contributed by atoms with Gasteiger partial charge in [-0.1, -0.05) is 6.07 Å². The predicted molar refractivity (Wildman–Crippen MR) is 73.7 cm³/mol. The number of nitrogens with zero attached hydrogens (tertiary/aromatic N) is 1. The zero-order chi connectivity index (χ0) is 16.1. The van der Waals surface area contributed by atoms with Gasteiger partial charge in [0.15, 0.2) is 0 Å². The zero-order valence-corrected chi connectivity index (χ0v) is 12.3. The Hall–Kier alpha value is -1.74. The third kappa shape index (κ3) is 5.27. The van der Waals surface area contributed by atoms with Gasteiger partial charge in [-0.15, -0.1) is 0 Å². The average Bonchev–Trinajstić information content (AvgIpc) is 2.39. The van der Waals surface area contributed by atoms with Crippen LogP contribution in [0.2, 0.25) is 0 Å². The lowest BCUT2D eigenvalue weighted by Gasteiger charge is -2.18. The zero-order valence-electron chi connectivity index (χ0n) is 12.3. The van der Waals surface area contributed by atoms with Crippen molar-refractivity contribution in [2.24, 2.45) is 5.41 Å². The summed E-state index contributed by atoms with van der Waals surface area (Å²) in [4.78, 5) is 0. The average molecular weight is 300 g/mol. The van der Waals surface area contributed by atoms with Gasteiger partial charge < -0.3 is 10.1 Å². The van der Waals surface area contributed by atoms with Crippen LogP contribution in [-0.2, 0) is 12.7 Å². The van der Waals surface area contributed by atoms with Gasteiger partial charge in [0.05, 0.1) is 23.7 Å². The quantitative estimate of drug-likeness (QED) is 0.870. The van der Waals surface area contributed by atoms with Crippen LogP contribution < -0.4 is 10.1 Å². The van der Waals surface area contributed by atoms with E-state index in [-0.39, 0.29) is 12.4 Å². The molecule has 0 spiro atoms. The van der Waals surface area contributed by atoms with E-state index in [1.165, 1.54) is 6.07 Å². The summed E-state index contributed by atoms with van der Waals surface area (Å²) >= 11 is 0. The minimum Gasteiger partial charge on any atom is -0.493 e. The van der Waals surface area contributed by atoms with Crippen molar-refractivity contribution in [1.29, 1.82) is 5.26 Å². The summed E-state index contributed by atoms with van der Waals surface area (Å²) in [5, 5.41) is 11.7. The monoisotopic (exact) mass is 300 g/mol. The maximum atomic E-state index is 13.0. The van der Waals surface area contributed by atoms with E-state index in [0.29, 0.717) is 18.5 Å². The molecule has 0 aliphatic rings. The molecular formula is C15H19F3N2O. The SMILES string of the molecule is CNCc1ccc(OCCC(C)(C)C#N)c(C(F)(F)F)c1. The Morgan fingerprint density at radius 1 is 1.29 bits per heavy atom. The second-order valence-corrected chi connectivity index (χ2v) is 5.45. The van der Waals surface area contributed by atoms with Crippen LogP contribution >= 0.6 is 0 Å². The molecule has 6 heteroatoms. The number of hydrogen-bond acceptors (Lipinski definition) is 3. The third-order valence-electron chi connectivity index (χ3n) is 3.02. The highest BCUT2D eigenvalue weighted by Gasteiger charge is 2.34. The molecule has 21 heavy (non-hydrogen) atoms. The molecule has 0 aliphatic heterocycles. The number of hydrogen-bond donors (Lipinski definition) is 1. The minimum atomic E-state index is -4.47. The standard InChI is InChI=1S/C15H19F3N2O/c1-14(2,10-19)6-7-21-13-5-4-11(9-20-3)8-12(13)15(16,17)18/h4-5,8,20H,6-7,9H2,1-3H3. The Morgan fingerprint density at radius 3 is 2.48 bits per heavy atom. The first-order valence-electron chi connectivity index (χ1n) is 6.58. The van der Waals surface area contributed by atoms with Gasteiger partial charge in [0.2, 0.25) is 0 Å². The van der Waals surface area contributed by atoms with Crippen molar-refractivity contribution >= 4 is 0 Å². The summed E-state index contributed by atoms with van der Waals surface area (Å²) in [6, 6.07) is 6.09. The summed E-state index contributed by atoms with van der Waals surface area (Å²) in [5.41, 5.74) is -0.871. The Labute approximate surface area is 122 Å². The number of nitrogens with one attached hydrogen (secondary N) is 1. The van der Waals surface area contributed by atoms with Crippen molar-refractivity contribution in [2.75, 3.05) is 13.7 Å². The lowest BCUT2D eigenvalue weighted by atomic mass is 9.92. The van der Waals surface area contributed by atoms with Crippen molar-refractivity contribution in [3.05, 3.63) is 29.3 Å². The van der Waals surface area contributed by atoms with Crippen molar-refractivity contribution in [3.8, 4) is 11.8 Å². The molecule has 0 heterocycles. The predicted octanol–water partition coefficient (Wildman–Crippen LogP) is 3.74. The van der Waals surface area contributed by atoms with E-state index in [1.54, 1.807) is 27.0 Å². The van der Waals surface area contributed by atoms with Crippen molar-refractivity contribution in [2.45, 2.75) is 33.0 Å². The lowest BCUT2D eigenvalue weighted by molar-refractivity contribution is -0.139. The Balaban J connectivity index is 2.89. The fraction of sp³-hybridized carbons (Fsp3) is 0.533. The van der Waals surface area contributed by atoms with E-state index in [9.17, 15) is 13.2 Å². The van der Waals surface area contributed by atoms with Gasteiger partial charge in [-0.05, 0) is 45.0 Å². The first-order valence-corrected chi connectivity index (χ1v) is 6.58. The van der Waals surface area contributed by atoms with Crippen molar-refractivity contribution in [3.63, 3.8) is 0 Å². The van der Waals surface area contributed by atoms with Crippen molar-refractivity contribution in [1.82, 2.24) is 5.32 Å². The van der Waals surface area contributed by atoms with Crippen LogP contribution in [0, 0.1) is 16.7 Å². The summed E-state index contributed by atoms with van der Waals surface area (Å²) in [7, 11) is 1.67. The lowest BCUT2D eigenvalue weighted by Crippen LogP contribution is -2.16. The van der Waals surface area contributed by atoms with E-state index in [0.717, 1.165) is 6.07 Å². The van der Waals surface area contributed by atoms with Crippen LogP contribution in [-0.4, -0.2) is 13.7 Å². The molecule has 1 N–H and O–H groups in total. The van der Waals surface area contributed by atoms with Gasteiger partial charge in [0, 0.05) is 6.54 Å². The number of benzene rings is 1. The topological polar surface area (TPSA) is 45.0 Å². The summed E-state index contributed by atoms with van der Waals surface area (Å²) in [5.74, 6) is -0.198. The molecule has 0 saturated carbocycles. The second kappa shape index (κ2) is 6.81. The van der Waals surface area contributed by atoms with Crippen LogP contribution in [0.15, 0.2) is 18.2 Å². The maximum absolute atomic E-state index is 13.0. The van der Waals surface area contributed by atoms with E-state index in [1.807, 2.05) is 0 Å². The first kappa shape index (κ1) is 17.3.